The number of benzene rings is 1. The average molecular weight is 321 g/mol. The van der Waals surface area contributed by atoms with Crippen LogP contribution >= 0.6 is 15.9 Å². The summed E-state index contributed by atoms with van der Waals surface area (Å²) in [5.74, 6) is 1.07. The van der Waals surface area contributed by atoms with E-state index in [9.17, 15) is 0 Å². The molecule has 0 fully saturated rings. The molecule has 5 nitrogen and oxygen atoms in total. The summed E-state index contributed by atoms with van der Waals surface area (Å²) in [7, 11) is 0. The first kappa shape index (κ1) is 13.5. The second-order valence-electron chi connectivity index (χ2n) is 3.62. The number of rotatable bonds is 3. The van der Waals surface area contributed by atoms with Gasteiger partial charge >= 0.3 is 0 Å². The summed E-state index contributed by atoms with van der Waals surface area (Å²) < 4.78 is 6.10. The molecule has 1 aromatic carbocycles. The summed E-state index contributed by atoms with van der Waals surface area (Å²) in [6, 6.07) is 9.59. The lowest BCUT2D eigenvalue weighted by Gasteiger charge is -2.07. The van der Waals surface area contributed by atoms with Crippen LogP contribution in [0, 0.1) is 0 Å². The predicted octanol–water partition coefficient (Wildman–Crippen LogP) is 2.94. The smallest absolute Gasteiger partial charge is 0.222 e. The van der Waals surface area contributed by atoms with E-state index in [1.54, 1.807) is 6.20 Å². The fourth-order valence-corrected chi connectivity index (χ4v) is 1.75. The number of hydrogen-bond donors (Lipinski definition) is 1. The number of nitrogen functional groups attached to an aromatic ring is 1. The van der Waals surface area contributed by atoms with Crippen LogP contribution in [0.3, 0.4) is 0 Å². The number of nitrogens with two attached hydrogens (primary N) is 1. The SMILES string of the molecule is CCOC(=Nc1ncc(Br)nc1N)c1ccccc1. The molecule has 0 bridgehead atoms. The van der Waals surface area contributed by atoms with Gasteiger partial charge in [-0.2, -0.15) is 4.99 Å². The monoisotopic (exact) mass is 320 g/mol. The van der Waals surface area contributed by atoms with E-state index in [-0.39, 0.29) is 5.82 Å². The number of anilines is 1. The molecule has 19 heavy (non-hydrogen) atoms. The van der Waals surface area contributed by atoms with Crippen molar-refractivity contribution in [2.24, 2.45) is 4.99 Å². The van der Waals surface area contributed by atoms with Crippen LogP contribution in [0.1, 0.15) is 12.5 Å². The van der Waals surface area contributed by atoms with Gasteiger partial charge in [0.05, 0.1) is 12.8 Å². The van der Waals surface area contributed by atoms with Gasteiger partial charge < -0.3 is 10.5 Å². The number of nitrogens with zero attached hydrogens (tertiary/aromatic N) is 3. The van der Waals surface area contributed by atoms with Crippen molar-refractivity contribution in [2.75, 3.05) is 12.3 Å². The molecular formula is C13H13BrN4O. The Kier molecular flexibility index (Phi) is 4.46. The normalized spacial score (nSPS) is 11.4. The number of ether oxygens (including phenoxy) is 1. The van der Waals surface area contributed by atoms with E-state index < -0.39 is 0 Å². The molecule has 2 N–H and O–H groups in total. The second kappa shape index (κ2) is 6.29. The molecule has 6 heteroatoms. The fraction of sp³-hybridized carbons (Fsp3) is 0.154. The topological polar surface area (TPSA) is 73.4 Å². The van der Waals surface area contributed by atoms with E-state index in [4.69, 9.17) is 10.5 Å². The lowest BCUT2D eigenvalue weighted by molar-refractivity contribution is 0.328. The molecule has 0 amide bonds. The Balaban J connectivity index is 2.41. The van der Waals surface area contributed by atoms with Gasteiger partial charge in [-0.3, -0.25) is 0 Å². The Morgan fingerprint density at radius 3 is 2.74 bits per heavy atom. The van der Waals surface area contributed by atoms with E-state index in [0.717, 1.165) is 5.56 Å². The van der Waals surface area contributed by atoms with Gasteiger partial charge in [0.1, 0.15) is 4.60 Å². The lowest BCUT2D eigenvalue weighted by Crippen LogP contribution is -2.07. The van der Waals surface area contributed by atoms with Crippen molar-refractivity contribution in [3.63, 3.8) is 0 Å². The van der Waals surface area contributed by atoms with Crippen LogP contribution in [0.25, 0.3) is 0 Å². The van der Waals surface area contributed by atoms with E-state index in [1.165, 1.54) is 0 Å². The summed E-state index contributed by atoms with van der Waals surface area (Å²) in [5.41, 5.74) is 6.65. The van der Waals surface area contributed by atoms with Crippen LogP contribution in [0.2, 0.25) is 0 Å². The van der Waals surface area contributed by atoms with Crippen LogP contribution in [0.4, 0.5) is 11.6 Å². The van der Waals surface area contributed by atoms with Gasteiger partial charge in [0.15, 0.2) is 11.6 Å². The molecule has 98 valence electrons. The Labute approximate surface area is 119 Å². The number of aliphatic imine (C=N–C) groups is 1. The quantitative estimate of drug-likeness (QED) is 0.697. The van der Waals surface area contributed by atoms with E-state index in [1.807, 2.05) is 37.3 Å². The fourth-order valence-electron chi connectivity index (χ4n) is 1.45. The first-order valence-electron chi connectivity index (χ1n) is 5.75. The van der Waals surface area contributed by atoms with Gasteiger partial charge in [-0.05, 0) is 35.0 Å². The molecule has 0 atom stereocenters. The van der Waals surface area contributed by atoms with Crippen molar-refractivity contribution < 1.29 is 4.74 Å². The summed E-state index contributed by atoms with van der Waals surface area (Å²) in [6.07, 6.45) is 1.55. The molecule has 0 aliphatic rings. The van der Waals surface area contributed by atoms with Crippen molar-refractivity contribution in [1.29, 1.82) is 0 Å². The Bertz CT molecular complexity index is 586. The maximum atomic E-state index is 5.78. The highest BCUT2D eigenvalue weighted by molar-refractivity contribution is 9.10. The predicted molar refractivity (Wildman–Crippen MR) is 78.4 cm³/mol. The van der Waals surface area contributed by atoms with Crippen LogP contribution in [0.5, 0.6) is 0 Å². The van der Waals surface area contributed by atoms with Gasteiger partial charge in [-0.1, -0.05) is 18.2 Å². The number of hydrogen-bond acceptors (Lipinski definition) is 5. The molecule has 0 saturated heterocycles. The third-order valence-corrected chi connectivity index (χ3v) is 2.64. The van der Waals surface area contributed by atoms with Crippen LogP contribution in [-0.2, 0) is 4.74 Å². The lowest BCUT2D eigenvalue weighted by atomic mass is 10.2. The van der Waals surface area contributed by atoms with Gasteiger partial charge in [-0.15, -0.1) is 0 Å². The zero-order chi connectivity index (χ0) is 13.7. The Morgan fingerprint density at radius 1 is 1.37 bits per heavy atom. The molecule has 0 saturated carbocycles. The largest absolute Gasteiger partial charge is 0.477 e. The van der Waals surface area contributed by atoms with Crippen LogP contribution in [0.15, 0.2) is 46.1 Å². The van der Waals surface area contributed by atoms with Crippen molar-refractivity contribution in [1.82, 2.24) is 9.97 Å². The highest BCUT2D eigenvalue weighted by atomic mass is 79.9. The number of halogens is 1. The molecule has 1 heterocycles. The zero-order valence-corrected chi connectivity index (χ0v) is 12.0. The highest BCUT2D eigenvalue weighted by Gasteiger charge is 2.08. The standard InChI is InChI=1S/C13H13BrN4O/c1-2-19-13(9-6-4-3-5-7-9)18-12-11(15)17-10(14)8-16-12/h3-8H,2H2,1H3,(H2,15,17). The average Bonchev–Trinajstić information content (AvgIpc) is 2.42. The molecule has 0 aliphatic heterocycles. The molecule has 1 aromatic heterocycles. The molecule has 0 aliphatic carbocycles. The van der Waals surface area contributed by atoms with Gasteiger partial charge in [0, 0.05) is 5.56 Å². The van der Waals surface area contributed by atoms with E-state index in [0.29, 0.717) is 22.9 Å². The number of aromatic nitrogens is 2. The summed E-state index contributed by atoms with van der Waals surface area (Å²) in [5, 5.41) is 0. The van der Waals surface area contributed by atoms with Crippen molar-refractivity contribution in [3.05, 3.63) is 46.7 Å². The van der Waals surface area contributed by atoms with Crippen LogP contribution in [-0.4, -0.2) is 22.5 Å². The highest BCUT2D eigenvalue weighted by Crippen LogP contribution is 2.20. The molecular weight excluding hydrogens is 308 g/mol. The maximum absolute atomic E-state index is 5.78. The minimum absolute atomic E-state index is 0.252. The minimum atomic E-state index is 0.252. The molecule has 0 unspecified atom stereocenters. The Hall–Kier alpha value is -1.95. The summed E-state index contributed by atoms with van der Waals surface area (Å²) in [4.78, 5) is 12.5. The zero-order valence-electron chi connectivity index (χ0n) is 10.4. The second-order valence-corrected chi connectivity index (χ2v) is 4.43. The van der Waals surface area contributed by atoms with Crippen molar-refractivity contribution in [2.45, 2.75) is 6.92 Å². The van der Waals surface area contributed by atoms with Crippen molar-refractivity contribution >= 4 is 33.5 Å². The summed E-state index contributed by atoms with van der Waals surface area (Å²) >= 11 is 3.20. The first-order chi connectivity index (χ1) is 9.20. The van der Waals surface area contributed by atoms with Crippen molar-refractivity contribution in [3.8, 4) is 0 Å². The first-order valence-corrected chi connectivity index (χ1v) is 6.55. The maximum Gasteiger partial charge on any atom is 0.222 e. The van der Waals surface area contributed by atoms with E-state index in [2.05, 4.69) is 30.9 Å². The van der Waals surface area contributed by atoms with Gasteiger partial charge in [-0.25, -0.2) is 9.97 Å². The molecule has 2 rings (SSSR count). The molecule has 2 aromatic rings. The molecule has 0 spiro atoms. The third kappa shape index (κ3) is 3.51. The van der Waals surface area contributed by atoms with Gasteiger partial charge in [0.2, 0.25) is 5.90 Å². The minimum Gasteiger partial charge on any atom is -0.477 e. The molecule has 0 radical (unpaired) electrons. The Morgan fingerprint density at radius 2 is 2.11 bits per heavy atom. The van der Waals surface area contributed by atoms with Crippen LogP contribution < -0.4 is 5.73 Å². The van der Waals surface area contributed by atoms with Gasteiger partial charge in [0.25, 0.3) is 0 Å². The van der Waals surface area contributed by atoms with E-state index >= 15 is 0 Å². The third-order valence-electron chi connectivity index (χ3n) is 2.26. The summed E-state index contributed by atoms with van der Waals surface area (Å²) in [6.45, 7) is 2.41.